The zero-order chi connectivity index (χ0) is 22.8. The van der Waals surface area contributed by atoms with Crippen molar-refractivity contribution in [3.05, 3.63) is 11.6 Å². The lowest BCUT2D eigenvalue weighted by molar-refractivity contribution is -0.137. The zero-order valence-corrected chi connectivity index (χ0v) is 20.0. The summed E-state index contributed by atoms with van der Waals surface area (Å²) >= 11 is 0. The van der Waals surface area contributed by atoms with Crippen LogP contribution in [-0.4, -0.2) is 22.6 Å². The van der Waals surface area contributed by atoms with Gasteiger partial charge < -0.3 is 5.11 Å². The maximum atomic E-state index is 12.1. The minimum Gasteiger partial charge on any atom is -0.481 e. The highest BCUT2D eigenvalue weighted by atomic mass is 16.4. The first-order valence-electron chi connectivity index (χ1n) is 12.6. The van der Waals surface area contributed by atoms with Gasteiger partial charge in [0, 0.05) is 18.8 Å². The van der Waals surface area contributed by atoms with E-state index in [0.717, 1.165) is 62.7 Å². The highest BCUT2D eigenvalue weighted by molar-refractivity contribution is 5.91. The average molecular weight is 431 g/mol. The number of unbranched alkanes of at least 4 members (excludes halogenated alkanes) is 2. The molecule has 6 atom stereocenters. The topological polar surface area (TPSA) is 71.4 Å². The maximum absolute atomic E-state index is 12.1. The molecule has 0 heterocycles. The van der Waals surface area contributed by atoms with E-state index in [-0.39, 0.29) is 10.8 Å². The molecule has 1 N–H and O–H groups in total. The van der Waals surface area contributed by atoms with Crippen LogP contribution in [0.15, 0.2) is 11.6 Å². The molecule has 0 spiro atoms. The van der Waals surface area contributed by atoms with Crippen LogP contribution in [0.1, 0.15) is 105 Å². The number of Topliss-reactive ketones (excluding diaryl/α,β-unsaturated/α-hetero) is 1. The summed E-state index contributed by atoms with van der Waals surface area (Å²) < 4.78 is 0. The van der Waals surface area contributed by atoms with Crippen LogP contribution >= 0.6 is 0 Å². The van der Waals surface area contributed by atoms with Gasteiger partial charge in [-0.15, -0.1) is 0 Å². The van der Waals surface area contributed by atoms with Crippen LogP contribution in [0.2, 0.25) is 0 Å². The molecule has 3 fully saturated rings. The SMILES string of the molecule is CC(=O)C1CCC2C3CCC4=CC(=O)CC[C@]4(C)C3CC[C@]12C.CCCCCC(=O)O. The van der Waals surface area contributed by atoms with Crippen LogP contribution in [0.3, 0.4) is 0 Å². The molecule has 0 aromatic heterocycles. The van der Waals surface area contributed by atoms with Gasteiger partial charge in [-0.3, -0.25) is 14.4 Å². The smallest absolute Gasteiger partial charge is 0.303 e. The lowest BCUT2D eigenvalue weighted by atomic mass is 9.47. The maximum Gasteiger partial charge on any atom is 0.303 e. The second-order valence-corrected chi connectivity index (χ2v) is 11.1. The lowest BCUT2D eigenvalue weighted by Gasteiger charge is -2.58. The van der Waals surface area contributed by atoms with E-state index in [4.69, 9.17) is 5.11 Å². The van der Waals surface area contributed by atoms with Gasteiger partial charge in [0.15, 0.2) is 5.78 Å². The number of ketones is 2. The number of fused-ring (bicyclic) bond motifs is 5. The third-order valence-electron chi connectivity index (χ3n) is 9.45. The minimum absolute atomic E-state index is 0.245. The van der Waals surface area contributed by atoms with Crippen LogP contribution in [0.5, 0.6) is 0 Å². The number of rotatable bonds is 5. The molecule has 3 saturated carbocycles. The van der Waals surface area contributed by atoms with Gasteiger partial charge in [0.2, 0.25) is 0 Å². The molecule has 4 aliphatic carbocycles. The van der Waals surface area contributed by atoms with Crippen LogP contribution < -0.4 is 0 Å². The van der Waals surface area contributed by atoms with Gasteiger partial charge in [0.1, 0.15) is 5.78 Å². The summed E-state index contributed by atoms with van der Waals surface area (Å²) in [6.07, 6.45) is 14.2. The molecule has 174 valence electrons. The molecule has 4 rings (SSSR count). The number of aliphatic carboxylic acids is 1. The molecule has 0 aliphatic heterocycles. The summed E-state index contributed by atoms with van der Waals surface area (Å²) in [6, 6.07) is 0. The number of carbonyl (C=O) groups excluding carboxylic acids is 2. The number of carbonyl (C=O) groups is 3. The Labute approximate surface area is 188 Å². The van der Waals surface area contributed by atoms with E-state index in [1.54, 1.807) is 6.92 Å². The second-order valence-electron chi connectivity index (χ2n) is 11.1. The van der Waals surface area contributed by atoms with Crippen molar-refractivity contribution in [2.45, 2.75) is 105 Å². The molecule has 0 bridgehead atoms. The van der Waals surface area contributed by atoms with E-state index >= 15 is 0 Å². The molecule has 0 radical (unpaired) electrons. The molecule has 0 amide bonds. The Morgan fingerprint density at radius 1 is 1.03 bits per heavy atom. The largest absolute Gasteiger partial charge is 0.481 e. The fraction of sp³-hybridized carbons (Fsp3) is 0.815. The van der Waals surface area contributed by atoms with E-state index < -0.39 is 5.97 Å². The van der Waals surface area contributed by atoms with E-state index in [0.29, 0.717) is 23.9 Å². The monoisotopic (exact) mass is 430 g/mol. The summed E-state index contributed by atoms with van der Waals surface area (Å²) in [4.78, 5) is 33.9. The van der Waals surface area contributed by atoms with Gasteiger partial charge in [-0.2, -0.15) is 0 Å². The number of carboxylic acid groups (broad SMARTS) is 1. The second kappa shape index (κ2) is 9.58. The highest BCUT2D eigenvalue weighted by Gasteiger charge is 2.59. The minimum atomic E-state index is -0.682. The van der Waals surface area contributed by atoms with E-state index in [2.05, 4.69) is 20.8 Å². The third kappa shape index (κ3) is 4.68. The van der Waals surface area contributed by atoms with Gasteiger partial charge >= 0.3 is 5.97 Å². The molecule has 31 heavy (non-hydrogen) atoms. The van der Waals surface area contributed by atoms with Gasteiger partial charge in [-0.05, 0) is 93.0 Å². The Morgan fingerprint density at radius 2 is 1.77 bits per heavy atom. The van der Waals surface area contributed by atoms with Crippen LogP contribution in [0.4, 0.5) is 0 Å². The van der Waals surface area contributed by atoms with Crippen molar-refractivity contribution in [1.82, 2.24) is 0 Å². The van der Waals surface area contributed by atoms with Gasteiger partial charge in [-0.1, -0.05) is 39.2 Å². The Kier molecular flexibility index (Phi) is 7.48. The first kappa shape index (κ1) is 24.2. The van der Waals surface area contributed by atoms with Crippen molar-refractivity contribution in [2.24, 2.45) is 34.5 Å². The Hall–Kier alpha value is -1.45. The number of hydrogen-bond donors (Lipinski definition) is 1. The molecule has 0 aromatic carbocycles. The van der Waals surface area contributed by atoms with Crippen molar-refractivity contribution >= 4 is 17.5 Å². The van der Waals surface area contributed by atoms with Crippen molar-refractivity contribution in [3.8, 4) is 0 Å². The number of allylic oxidation sites excluding steroid dienone is 1. The summed E-state index contributed by atoms with van der Waals surface area (Å²) in [5.41, 5.74) is 1.95. The highest BCUT2D eigenvalue weighted by Crippen LogP contribution is 2.66. The first-order valence-corrected chi connectivity index (χ1v) is 12.6. The van der Waals surface area contributed by atoms with Crippen molar-refractivity contribution < 1.29 is 19.5 Å². The lowest BCUT2D eigenvalue weighted by Crippen LogP contribution is -2.51. The third-order valence-corrected chi connectivity index (χ3v) is 9.45. The van der Waals surface area contributed by atoms with E-state index in [1.807, 2.05) is 6.08 Å². The normalized spacial score (nSPS) is 38.7. The van der Waals surface area contributed by atoms with Crippen LogP contribution in [0, 0.1) is 34.5 Å². The Bertz CT molecular complexity index is 738. The van der Waals surface area contributed by atoms with Crippen molar-refractivity contribution in [2.75, 3.05) is 0 Å². The van der Waals surface area contributed by atoms with E-state index in [1.165, 1.54) is 31.3 Å². The summed E-state index contributed by atoms with van der Waals surface area (Å²) in [5, 5.41) is 8.14. The van der Waals surface area contributed by atoms with Crippen molar-refractivity contribution in [1.29, 1.82) is 0 Å². The van der Waals surface area contributed by atoms with E-state index in [9.17, 15) is 14.4 Å². The predicted molar refractivity (Wildman–Crippen MR) is 123 cm³/mol. The van der Waals surface area contributed by atoms with Crippen LogP contribution in [-0.2, 0) is 14.4 Å². The molecular formula is C27H42O4. The fourth-order valence-corrected chi connectivity index (χ4v) is 7.75. The van der Waals surface area contributed by atoms with Crippen LogP contribution in [0.25, 0.3) is 0 Å². The number of hydrogen-bond acceptors (Lipinski definition) is 3. The average Bonchev–Trinajstić information content (AvgIpc) is 3.06. The first-order chi connectivity index (χ1) is 14.6. The standard InChI is InChI=1S/C21H30O2.C6H12O2/c1-13(22)17-6-7-18-16-5-4-14-12-15(23)8-10-20(14,2)19(16)9-11-21(17,18)3;1-2-3-4-5-6(7)8/h12,16-19H,4-11H2,1-3H3;2-5H2,1H3,(H,7,8)/t16?,17?,18?,19?,20-,21+;/m0./s1. The van der Waals surface area contributed by atoms with Crippen molar-refractivity contribution in [3.63, 3.8) is 0 Å². The molecule has 4 nitrogen and oxygen atoms in total. The van der Waals surface area contributed by atoms with Gasteiger partial charge in [-0.25, -0.2) is 0 Å². The molecule has 4 unspecified atom stereocenters. The predicted octanol–water partition coefficient (Wildman–Crippen LogP) is 6.37. The summed E-state index contributed by atoms with van der Waals surface area (Å²) in [6.45, 7) is 8.70. The summed E-state index contributed by atoms with van der Waals surface area (Å²) in [5.74, 6) is 2.61. The molecule has 4 aliphatic rings. The zero-order valence-electron chi connectivity index (χ0n) is 20.0. The number of carboxylic acids is 1. The molecule has 0 aromatic rings. The Balaban J connectivity index is 0.000000293. The quantitative estimate of drug-likeness (QED) is 0.514. The molecule has 4 heteroatoms. The Morgan fingerprint density at radius 3 is 2.42 bits per heavy atom. The van der Waals surface area contributed by atoms with Gasteiger partial charge in [0.25, 0.3) is 0 Å². The molecule has 0 saturated heterocycles. The molecular weight excluding hydrogens is 388 g/mol. The fourth-order valence-electron chi connectivity index (χ4n) is 7.75. The summed E-state index contributed by atoms with van der Waals surface area (Å²) in [7, 11) is 0. The van der Waals surface area contributed by atoms with Gasteiger partial charge in [0.05, 0.1) is 0 Å².